The number of hydrogen-bond acceptors (Lipinski definition) is 5. The number of nitrogens with one attached hydrogen (secondary N) is 1. The van der Waals surface area contributed by atoms with Gasteiger partial charge in [0, 0.05) is 51.3 Å². The van der Waals surface area contributed by atoms with Crippen molar-refractivity contribution in [2.24, 2.45) is 0 Å². The third-order valence-corrected chi connectivity index (χ3v) is 5.21. The number of fused-ring (bicyclic) bond motifs is 1. The lowest BCUT2D eigenvalue weighted by atomic mass is 10.2. The van der Waals surface area contributed by atoms with Crippen molar-refractivity contribution in [1.29, 1.82) is 0 Å². The standard InChI is InChI=1S/C18H24N4O3S/c1-2-25-13-5-8-19-18(24)22-11-9-21(10-12-22)17(23)16-14-6-3-4-7-15(14)26-20-16/h3-4,6-7H,2,5,8-13H2,1H3,(H,19,24). The predicted octanol–water partition coefficient (Wildman–Crippen LogP) is 2.19. The van der Waals surface area contributed by atoms with Crippen molar-refractivity contribution in [1.82, 2.24) is 19.5 Å². The first-order valence-corrected chi connectivity index (χ1v) is 9.72. The molecule has 0 atom stereocenters. The summed E-state index contributed by atoms with van der Waals surface area (Å²) in [6, 6.07) is 7.69. The van der Waals surface area contributed by atoms with Crippen LogP contribution in [0.4, 0.5) is 4.79 Å². The molecule has 8 heteroatoms. The first-order chi connectivity index (χ1) is 12.7. The van der Waals surface area contributed by atoms with E-state index in [-0.39, 0.29) is 11.9 Å². The summed E-state index contributed by atoms with van der Waals surface area (Å²) in [4.78, 5) is 28.5. The summed E-state index contributed by atoms with van der Waals surface area (Å²) in [5, 5.41) is 3.80. The van der Waals surface area contributed by atoms with Crippen LogP contribution in [0.5, 0.6) is 0 Å². The number of amides is 3. The molecule has 3 rings (SSSR count). The zero-order valence-corrected chi connectivity index (χ0v) is 15.8. The number of ether oxygens (including phenoxy) is 1. The monoisotopic (exact) mass is 376 g/mol. The van der Waals surface area contributed by atoms with Gasteiger partial charge in [0.25, 0.3) is 5.91 Å². The average molecular weight is 376 g/mol. The van der Waals surface area contributed by atoms with Crippen molar-refractivity contribution in [3.63, 3.8) is 0 Å². The quantitative estimate of drug-likeness (QED) is 0.784. The maximum atomic E-state index is 12.8. The molecule has 0 unspecified atom stereocenters. The van der Waals surface area contributed by atoms with E-state index in [2.05, 4.69) is 9.69 Å². The van der Waals surface area contributed by atoms with E-state index in [1.54, 1.807) is 9.80 Å². The molecule has 1 N–H and O–H groups in total. The highest BCUT2D eigenvalue weighted by Crippen LogP contribution is 2.23. The molecule has 0 spiro atoms. The number of rotatable bonds is 6. The Kier molecular flexibility index (Phi) is 6.40. The topological polar surface area (TPSA) is 74.8 Å². The van der Waals surface area contributed by atoms with Crippen molar-refractivity contribution in [2.45, 2.75) is 13.3 Å². The lowest BCUT2D eigenvalue weighted by molar-refractivity contribution is 0.0662. The Morgan fingerprint density at radius 3 is 2.69 bits per heavy atom. The second kappa shape index (κ2) is 8.95. The predicted molar refractivity (Wildman–Crippen MR) is 102 cm³/mol. The van der Waals surface area contributed by atoms with Crippen molar-refractivity contribution in [2.75, 3.05) is 45.9 Å². The molecule has 1 fully saturated rings. The third kappa shape index (κ3) is 4.31. The van der Waals surface area contributed by atoms with Gasteiger partial charge in [0.15, 0.2) is 0 Å². The fourth-order valence-electron chi connectivity index (χ4n) is 2.93. The fourth-order valence-corrected chi connectivity index (χ4v) is 3.70. The summed E-state index contributed by atoms with van der Waals surface area (Å²) in [5.74, 6) is -0.0563. The molecule has 1 saturated heterocycles. The average Bonchev–Trinajstić information content (AvgIpc) is 3.11. The van der Waals surface area contributed by atoms with Crippen LogP contribution in [-0.4, -0.2) is 72.0 Å². The summed E-state index contributed by atoms with van der Waals surface area (Å²) in [6.07, 6.45) is 0.801. The summed E-state index contributed by atoms with van der Waals surface area (Å²) >= 11 is 1.34. The van der Waals surface area contributed by atoms with Crippen LogP contribution in [0, 0.1) is 0 Å². The number of hydrogen-bond donors (Lipinski definition) is 1. The number of piperazine rings is 1. The number of carbonyl (C=O) groups is 2. The highest BCUT2D eigenvalue weighted by molar-refractivity contribution is 7.13. The molecule has 0 radical (unpaired) electrons. The molecule has 0 bridgehead atoms. The van der Waals surface area contributed by atoms with E-state index in [0.29, 0.717) is 51.6 Å². The number of benzene rings is 1. The van der Waals surface area contributed by atoms with Gasteiger partial charge in [-0.05, 0) is 30.9 Å². The van der Waals surface area contributed by atoms with E-state index >= 15 is 0 Å². The molecular formula is C18H24N4O3S. The highest BCUT2D eigenvalue weighted by Gasteiger charge is 2.26. The third-order valence-electron chi connectivity index (χ3n) is 4.38. The molecule has 1 aromatic carbocycles. The van der Waals surface area contributed by atoms with Gasteiger partial charge in [-0.25, -0.2) is 4.79 Å². The van der Waals surface area contributed by atoms with E-state index < -0.39 is 0 Å². The molecule has 3 amide bonds. The number of carbonyl (C=O) groups excluding carboxylic acids is 2. The molecule has 26 heavy (non-hydrogen) atoms. The first-order valence-electron chi connectivity index (χ1n) is 8.95. The normalized spacial score (nSPS) is 14.7. The van der Waals surface area contributed by atoms with Crippen molar-refractivity contribution < 1.29 is 14.3 Å². The first kappa shape index (κ1) is 18.6. The summed E-state index contributed by atoms with van der Waals surface area (Å²) in [5.41, 5.74) is 0.513. The zero-order valence-electron chi connectivity index (χ0n) is 14.9. The second-order valence-corrected chi connectivity index (χ2v) is 6.89. The van der Waals surface area contributed by atoms with Crippen molar-refractivity contribution in [3.8, 4) is 0 Å². The van der Waals surface area contributed by atoms with E-state index in [4.69, 9.17) is 4.74 Å². The molecule has 1 aromatic heterocycles. The van der Waals surface area contributed by atoms with Gasteiger partial charge in [-0.15, -0.1) is 0 Å². The fraction of sp³-hybridized carbons (Fsp3) is 0.500. The highest BCUT2D eigenvalue weighted by atomic mass is 32.1. The Hall–Kier alpha value is -2.19. The molecule has 7 nitrogen and oxygen atoms in total. The van der Waals surface area contributed by atoms with Crippen LogP contribution in [-0.2, 0) is 4.74 Å². The maximum absolute atomic E-state index is 12.8. The van der Waals surface area contributed by atoms with Crippen molar-refractivity contribution in [3.05, 3.63) is 30.0 Å². The Labute approximate surface area is 157 Å². The Morgan fingerprint density at radius 1 is 1.19 bits per heavy atom. The van der Waals surface area contributed by atoms with Gasteiger partial charge in [0.2, 0.25) is 0 Å². The smallest absolute Gasteiger partial charge is 0.317 e. The van der Waals surface area contributed by atoms with Gasteiger partial charge in [0.05, 0.1) is 4.70 Å². The molecule has 1 aliphatic rings. The molecule has 0 saturated carbocycles. The van der Waals surface area contributed by atoms with E-state index in [1.165, 1.54) is 11.5 Å². The van der Waals surface area contributed by atoms with Crippen LogP contribution in [0.1, 0.15) is 23.8 Å². The molecule has 2 aromatic rings. The minimum atomic E-state index is -0.0762. The van der Waals surface area contributed by atoms with E-state index in [0.717, 1.165) is 16.5 Å². The Balaban J connectivity index is 1.49. The minimum absolute atomic E-state index is 0.0563. The lowest BCUT2D eigenvalue weighted by Gasteiger charge is -2.34. The largest absolute Gasteiger partial charge is 0.382 e. The summed E-state index contributed by atoms with van der Waals surface area (Å²) < 4.78 is 10.6. The molecule has 140 valence electrons. The Bertz CT molecular complexity index is 756. The van der Waals surface area contributed by atoms with Gasteiger partial charge in [-0.3, -0.25) is 4.79 Å². The van der Waals surface area contributed by atoms with Crippen LogP contribution in [0.15, 0.2) is 24.3 Å². The van der Waals surface area contributed by atoms with Gasteiger partial charge in [-0.2, -0.15) is 4.37 Å². The van der Waals surface area contributed by atoms with E-state index in [1.807, 2.05) is 31.2 Å². The SMILES string of the molecule is CCOCCCNC(=O)N1CCN(C(=O)c2nsc3ccccc23)CC1. The van der Waals surface area contributed by atoms with Crippen LogP contribution >= 0.6 is 11.5 Å². The Morgan fingerprint density at radius 2 is 1.92 bits per heavy atom. The molecular weight excluding hydrogens is 352 g/mol. The van der Waals surface area contributed by atoms with Crippen molar-refractivity contribution >= 4 is 33.6 Å². The zero-order chi connectivity index (χ0) is 18.4. The van der Waals surface area contributed by atoms with Gasteiger partial charge in [-0.1, -0.05) is 18.2 Å². The van der Waals surface area contributed by atoms with Gasteiger partial charge in [0.1, 0.15) is 5.69 Å². The van der Waals surface area contributed by atoms with Gasteiger partial charge < -0.3 is 19.9 Å². The minimum Gasteiger partial charge on any atom is -0.382 e. The summed E-state index contributed by atoms with van der Waals surface area (Å²) in [7, 11) is 0. The number of nitrogens with zero attached hydrogens (tertiary/aromatic N) is 3. The second-order valence-electron chi connectivity index (χ2n) is 6.09. The van der Waals surface area contributed by atoms with Crippen LogP contribution in [0.25, 0.3) is 10.1 Å². The van der Waals surface area contributed by atoms with Crippen LogP contribution < -0.4 is 5.32 Å². The number of urea groups is 1. The lowest BCUT2D eigenvalue weighted by Crippen LogP contribution is -2.53. The summed E-state index contributed by atoms with van der Waals surface area (Å²) in [6.45, 7) is 6.01. The molecule has 2 heterocycles. The molecule has 0 aliphatic carbocycles. The van der Waals surface area contributed by atoms with Gasteiger partial charge >= 0.3 is 6.03 Å². The maximum Gasteiger partial charge on any atom is 0.317 e. The van der Waals surface area contributed by atoms with E-state index in [9.17, 15) is 9.59 Å². The van der Waals surface area contributed by atoms with Crippen LogP contribution in [0.3, 0.4) is 0 Å². The number of aromatic nitrogens is 1. The van der Waals surface area contributed by atoms with Crippen LogP contribution in [0.2, 0.25) is 0 Å². The molecule has 1 aliphatic heterocycles.